The van der Waals surface area contributed by atoms with Crippen LogP contribution in [0.2, 0.25) is 0 Å². The van der Waals surface area contributed by atoms with Crippen LogP contribution in [-0.2, 0) is 32.5 Å². The molecule has 2 aromatic rings. The molecule has 2 aliphatic heterocycles. The number of nitrogens with one attached hydrogen (secondary N) is 3. The van der Waals surface area contributed by atoms with Gasteiger partial charge in [0, 0.05) is 31.2 Å². The molecule has 2 aromatic carbocycles. The van der Waals surface area contributed by atoms with Crippen LogP contribution in [-0.4, -0.2) is 56.9 Å². The van der Waals surface area contributed by atoms with Gasteiger partial charge in [-0.05, 0) is 68.0 Å². The number of carbonyl (C=O) groups excluding carboxylic acids is 2. The number of rotatable bonds is 10. The summed E-state index contributed by atoms with van der Waals surface area (Å²) < 4.78 is 29.2. The first kappa shape index (κ1) is 26.3. The normalized spacial score (nSPS) is 19.2. The molecule has 194 valence electrons. The number of hydrogen-bond donors (Lipinski definition) is 3. The Morgan fingerprint density at radius 1 is 1.14 bits per heavy atom. The van der Waals surface area contributed by atoms with Crippen molar-refractivity contribution in [1.82, 2.24) is 14.9 Å². The van der Waals surface area contributed by atoms with E-state index in [1.165, 1.54) is 25.3 Å². The molecule has 2 aliphatic rings. The maximum absolute atomic E-state index is 13.3. The summed E-state index contributed by atoms with van der Waals surface area (Å²) in [5.41, 5.74) is 2.27. The number of nitrogens with zero attached hydrogens (tertiary/aromatic N) is 1. The SMILES string of the molecule is CC[C@H]1CCCCN1CCNC(=O)[C@H](Cc1ccccc1)NS(=O)(=O)c1ccc2c(c1)CCC(=O)N2. The van der Waals surface area contributed by atoms with Gasteiger partial charge < -0.3 is 10.6 Å². The van der Waals surface area contributed by atoms with Gasteiger partial charge in [-0.25, -0.2) is 8.42 Å². The van der Waals surface area contributed by atoms with Crippen molar-refractivity contribution in [2.45, 2.75) is 68.8 Å². The molecule has 1 saturated heterocycles. The molecule has 8 nitrogen and oxygen atoms in total. The van der Waals surface area contributed by atoms with Crippen LogP contribution >= 0.6 is 0 Å². The van der Waals surface area contributed by atoms with Crippen molar-refractivity contribution in [1.29, 1.82) is 0 Å². The second-order valence-electron chi connectivity index (χ2n) is 9.62. The minimum atomic E-state index is -3.96. The van der Waals surface area contributed by atoms with Gasteiger partial charge in [-0.2, -0.15) is 4.72 Å². The number of piperidine rings is 1. The lowest BCUT2D eigenvalue weighted by atomic mass is 10.0. The van der Waals surface area contributed by atoms with E-state index >= 15 is 0 Å². The first-order chi connectivity index (χ1) is 17.4. The zero-order chi connectivity index (χ0) is 25.5. The van der Waals surface area contributed by atoms with Crippen LogP contribution in [0.15, 0.2) is 53.4 Å². The van der Waals surface area contributed by atoms with E-state index in [4.69, 9.17) is 0 Å². The van der Waals surface area contributed by atoms with Crippen LogP contribution in [0.3, 0.4) is 0 Å². The molecule has 1 fully saturated rings. The average molecular weight is 513 g/mol. The van der Waals surface area contributed by atoms with E-state index in [9.17, 15) is 18.0 Å². The Kier molecular flexibility index (Phi) is 8.77. The molecule has 0 spiro atoms. The Hall–Kier alpha value is -2.75. The van der Waals surface area contributed by atoms with Crippen LogP contribution in [0.1, 0.15) is 50.2 Å². The summed E-state index contributed by atoms with van der Waals surface area (Å²) in [4.78, 5) is 27.4. The highest BCUT2D eigenvalue weighted by Crippen LogP contribution is 2.25. The van der Waals surface area contributed by atoms with Gasteiger partial charge in [0.25, 0.3) is 0 Å². The molecule has 0 aromatic heterocycles. The summed E-state index contributed by atoms with van der Waals surface area (Å²) in [6, 6.07) is 13.6. The first-order valence-corrected chi connectivity index (χ1v) is 14.3. The Morgan fingerprint density at radius 3 is 2.72 bits per heavy atom. The molecule has 2 atom stereocenters. The van der Waals surface area contributed by atoms with E-state index in [1.54, 1.807) is 12.1 Å². The van der Waals surface area contributed by atoms with E-state index in [1.807, 2.05) is 30.3 Å². The predicted octanol–water partition coefficient (Wildman–Crippen LogP) is 2.84. The lowest BCUT2D eigenvalue weighted by Crippen LogP contribution is -2.50. The summed E-state index contributed by atoms with van der Waals surface area (Å²) in [7, 11) is -3.96. The highest BCUT2D eigenvalue weighted by atomic mass is 32.2. The fourth-order valence-electron chi connectivity index (χ4n) is 5.08. The third-order valence-corrected chi connectivity index (χ3v) is 8.57. The van der Waals surface area contributed by atoms with E-state index in [2.05, 4.69) is 27.2 Å². The van der Waals surface area contributed by atoms with Gasteiger partial charge in [-0.3, -0.25) is 14.5 Å². The summed E-state index contributed by atoms with van der Waals surface area (Å²) in [5, 5.41) is 5.73. The van der Waals surface area contributed by atoms with Crippen molar-refractivity contribution < 1.29 is 18.0 Å². The van der Waals surface area contributed by atoms with Crippen molar-refractivity contribution in [2.24, 2.45) is 0 Å². The number of amides is 2. The fourth-order valence-corrected chi connectivity index (χ4v) is 6.33. The number of carbonyl (C=O) groups is 2. The van der Waals surface area contributed by atoms with Crippen molar-refractivity contribution in [3.05, 3.63) is 59.7 Å². The molecule has 2 amide bonds. The average Bonchev–Trinajstić information content (AvgIpc) is 2.88. The molecule has 0 aliphatic carbocycles. The van der Waals surface area contributed by atoms with Gasteiger partial charge in [0.2, 0.25) is 21.8 Å². The summed E-state index contributed by atoms with van der Waals surface area (Å²) in [6.07, 6.45) is 5.74. The quantitative estimate of drug-likeness (QED) is 0.454. The summed E-state index contributed by atoms with van der Waals surface area (Å²) in [6.45, 7) is 4.46. The second kappa shape index (κ2) is 12.0. The maximum atomic E-state index is 13.3. The van der Waals surface area contributed by atoms with Crippen LogP contribution in [0.4, 0.5) is 5.69 Å². The van der Waals surface area contributed by atoms with Gasteiger partial charge in [0.05, 0.1) is 4.90 Å². The molecular formula is C27H36N4O4S. The summed E-state index contributed by atoms with van der Waals surface area (Å²) >= 11 is 0. The predicted molar refractivity (Wildman–Crippen MR) is 140 cm³/mol. The zero-order valence-electron chi connectivity index (χ0n) is 20.8. The van der Waals surface area contributed by atoms with Crippen molar-refractivity contribution in [3.8, 4) is 0 Å². The van der Waals surface area contributed by atoms with Gasteiger partial charge in [-0.15, -0.1) is 0 Å². The number of likely N-dealkylation sites (tertiary alicyclic amines) is 1. The van der Waals surface area contributed by atoms with Crippen LogP contribution in [0, 0.1) is 0 Å². The Morgan fingerprint density at radius 2 is 1.94 bits per heavy atom. The monoisotopic (exact) mass is 512 g/mol. The standard InChI is InChI=1S/C27H36N4O4S/c1-2-22-10-6-7-16-31(22)17-15-28-27(33)25(18-20-8-4-3-5-9-20)30-36(34,35)23-12-13-24-21(19-23)11-14-26(32)29-24/h3-5,8-9,12-13,19,22,25,30H,2,6-7,10-11,14-18H2,1H3,(H,28,33)(H,29,32)/t22-,25-/m0/s1. The molecule has 0 radical (unpaired) electrons. The molecule has 2 heterocycles. The number of hydrogen-bond acceptors (Lipinski definition) is 5. The fraction of sp³-hybridized carbons (Fsp3) is 0.481. The third kappa shape index (κ3) is 6.72. The van der Waals surface area contributed by atoms with Gasteiger partial charge in [-0.1, -0.05) is 43.7 Å². The van der Waals surface area contributed by atoms with Crippen molar-refractivity contribution in [2.75, 3.05) is 25.0 Å². The van der Waals surface area contributed by atoms with E-state index in [0.29, 0.717) is 31.1 Å². The third-order valence-electron chi connectivity index (χ3n) is 7.10. The number of sulfonamides is 1. The highest BCUT2D eigenvalue weighted by molar-refractivity contribution is 7.89. The lowest BCUT2D eigenvalue weighted by molar-refractivity contribution is -0.122. The molecule has 0 saturated carbocycles. The number of fused-ring (bicyclic) bond motifs is 1. The number of aryl methyl sites for hydroxylation is 1. The zero-order valence-corrected chi connectivity index (χ0v) is 21.6. The summed E-state index contributed by atoms with van der Waals surface area (Å²) in [5.74, 6) is -0.414. The lowest BCUT2D eigenvalue weighted by Gasteiger charge is -2.35. The Bertz CT molecular complexity index is 1170. The maximum Gasteiger partial charge on any atom is 0.241 e. The Labute approximate surface area is 213 Å². The van der Waals surface area contributed by atoms with E-state index in [0.717, 1.165) is 30.6 Å². The molecule has 36 heavy (non-hydrogen) atoms. The molecule has 3 N–H and O–H groups in total. The largest absolute Gasteiger partial charge is 0.353 e. The van der Waals surface area contributed by atoms with E-state index < -0.39 is 16.1 Å². The molecule has 9 heteroatoms. The van der Waals surface area contributed by atoms with Gasteiger partial charge in [0.1, 0.15) is 6.04 Å². The van der Waals surface area contributed by atoms with Crippen molar-refractivity contribution in [3.63, 3.8) is 0 Å². The van der Waals surface area contributed by atoms with Gasteiger partial charge in [0.15, 0.2) is 0 Å². The van der Waals surface area contributed by atoms with Crippen LogP contribution < -0.4 is 15.4 Å². The topological polar surface area (TPSA) is 108 Å². The smallest absolute Gasteiger partial charge is 0.241 e. The molecule has 0 unspecified atom stereocenters. The van der Waals surface area contributed by atoms with Crippen molar-refractivity contribution >= 4 is 27.5 Å². The molecule has 4 rings (SSSR count). The van der Waals surface area contributed by atoms with Crippen LogP contribution in [0.5, 0.6) is 0 Å². The number of anilines is 1. The second-order valence-corrected chi connectivity index (χ2v) is 11.3. The Balaban J connectivity index is 1.46. The first-order valence-electron chi connectivity index (χ1n) is 12.9. The molecule has 0 bridgehead atoms. The number of benzene rings is 2. The van der Waals surface area contributed by atoms with Gasteiger partial charge >= 0.3 is 0 Å². The minimum Gasteiger partial charge on any atom is -0.353 e. The molecular weight excluding hydrogens is 476 g/mol. The highest BCUT2D eigenvalue weighted by Gasteiger charge is 2.28. The van der Waals surface area contributed by atoms with E-state index in [-0.39, 0.29) is 23.1 Å². The minimum absolute atomic E-state index is 0.0781. The van der Waals surface area contributed by atoms with Crippen LogP contribution in [0.25, 0.3) is 0 Å².